The van der Waals surface area contributed by atoms with Gasteiger partial charge in [0.1, 0.15) is 0 Å². The number of aryl methyl sites for hydroxylation is 1. The third kappa shape index (κ3) is 3.63. The predicted molar refractivity (Wildman–Crippen MR) is 59.2 cm³/mol. The first kappa shape index (κ1) is 10.8. The Morgan fingerprint density at radius 1 is 1.64 bits per heavy atom. The number of hydrogen-bond donors (Lipinski definition) is 1. The molecule has 1 rings (SSSR count). The second-order valence-corrected chi connectivity index (χ2v) is 3.88. The number of amides is 1. The fourth-order valence-electron chi connectivity index (χ4n) is 0.945. The lowest BCUT2D eigenvalue weighted by Gasteiger charge is -1.94. The minimum Gasteiger partial charge on any atom is -0.355 e. The van der Waals surface area contributed by atoms with Gasteiger partial charge in [-0.25, -0.2) is 0 Å². The van der Waals surface area contributed by atoms with Crippen molar-refractivity contribution in [2.24, 2.45) is 0 Å². The highest BCUT2D eigenvalue weighted by Gasteiger charge is 1.93. The zero-order chi connectivity index (χ0) is 10.4. The first-order chi connectivity index (χ1) is 6.70. The van der Waals surface area contributed by atoms with Crippen LogP contribution in [0.3, 0.4) is 0 Å². The molecule has 0 radical (unpaired) electrons. The van der Waals surface area contributed by atoms with E-state index in [1.54, 1.807) is 11.3 Å². The molecule has 0 unspecified atom stereocenters. The number of carbonyl (C=O) groups excluding carboxylic acids is 1. The molecule has 74 valence electrons. The van der Waals surface area contributed by atoms with Gasteiger partial charge in [0.05, 0.1) is 4.88 Å². The molecule has 0 aromatic carbocycles. The Kier molecular flexibility index (Phi) is 4.21. The van der Waals surface area contributed by atoms with Gasteiger partial charge in [0.25, 0.3) is 0 Å². The van der Waals surface area contributed by atoms with Gasteiger partial charge in [0, 0.05) is 19.9 Å². The lowest BCUT2D eigenvalue weighted by Crippen LogP contribution is -2.20. The topological polar surface area (TPSA) is 29.1 Å². The van der Waals surface area contributed by atoms with E-state index in [1.165, 1.54) is 12.5 Å². The number of thiophene rings is 1. The summed E-state index contributed by atoms with van der Waals surface area (Å²) in [5.41, 5.74) is 1.22. The Morgan fingerprint density at radius 3 is 3.00 bits per heavy atom. The third-order valence-electron chi connectivity index (χ3n) is 1.69. The summed E-state index contributed by atoms with van der Waals surface area (Å²) < 4.78 is 0. The van der Waals surface area contributed by atoms with Gasteiger partial charge in [-0.1, -0.05) is 11.8 Å². The van der Waals surface area contributed by atoms with Gasteiger partial charge in [0.15, 0.2) is 0 Å². The minimum atomic E-state index is -0.000829. The van der Waals surface area contributed by atoms with Crippen LogP contribution in [0.5, 0.6) is 0 Å². The van der Waals surface area contributed by atoms with Crippen LogP contribution in [0.15, 0.2) is 11.4 Å². The molecule has 0 aliphatic heterocycles. The summed E-state index contributed by atoms with van der Waals surface area (Å²) in [6.45, 7) is 4.19. The molecule has 1 aromatic heterocycles. The largest absolute Gasteiger partial charge is 0.355 e. The molecule has 1 heterocycles. The molecule has 0 saturated heterocycles. The molecule has 0 aliphatic carbocycles. The zero-order valence-electron chi connectivity index (χ0n) is 8.39. The predicted octanol–water partition coefficient (Wildman–Crippen LogP) is 1.93. The lowest BCUT2D eigenvalue weighted by atomic mass is 10.3. The first-order valence-electron chi connectivity index (χ1n) is 4.47. The van der Waals surface area contributed by atoms with Crippen LogP contribution in [0.2, 0.25) is 0 Å². The number of nitrogens with one attached hydrogen (secondary N) is 1. The van der Waals surface area contributed by atoms with E-state index in [9.17, 15) is 4.79 Å². The van der Waals surface area contributed by atoms with E-state index in [4.69, 9.17) is 0 Å². The third-order valence-corrected chi connectivity index (χ3v) is 2.62. The second kappa shape index (κ2) is 5.46. The molecule has 0 atom stereocenters. The van der Waals surface area contributed by atoms with Crippen LogP contribution in [0, 0.1) is 18.8 Å². The molecule has 1 amide bonds. The van der Waals surface area contributed by atoms with Crippen molar-refractivity contribution in [3.63, 3.8) is 0 Å². The van der Waals surface area contributed by atoms with Crippen molar-refractivity contribution in [1.82, 2.24) is 5.32 Å². The molecule has 1 N–H and O–H groups in total. The Hall–Kier alpha value is -1.27. The summed E-state index contributed by atoms with van der Waals surface area (Å²) >= 11 is 1.65. The molecule has 0 saturated carbocycles. The Labute approximate surface area is 88.3 Å². The molecule has 2 nitrogen and oxygen atoms in total. The minimum absolute atomic E-state index is 0.000829. The molecule has 14 heavy (non-hydrogen) atoms. The van der Waals surface area contributed by atoms with Gasteiger partial charge in [-0.05, 0) is 23.9 Å². The molecule has 0 spiro atoms. The maximum Gasteiger partial charge on any atom is 0.216 e. The highest BCUT2D eigenvalue weighted by atomic mass is 32.1. The van der Waals surface area contributed by atoms with Crippen molar-refractivity contribution in [2.75, 3.05) is 6.54 Å². The van der Waals surface area contributed by atoms with E-state index in [0.717, 1.165) is 4.88 Å². The Balaban J connectivity index is 2.34. The van der Waals surface area contributed by atoms with E-state index in [0.29, 0.717) is 13.0 Å². The van der Waals surface area contributed by atoms with Crippen molar-refractivity contribution in [3.05, 3.63) is 21.9 Å². The maximum absolute atomic E-state index is 10.5. The summed E-state index contributed by atoms with van der Waals surface area (Å²) in [6.07, 6.45) is 0.705. The maximum atomic E-state index is 10.5. The van der Waals surface area contributed by atoms with Gasteiger partial charge in [-0.2, -0.15) is 0 Å². The molecule has 1 aromatic rings. The Bertz CT molecular complexity index is 370. The Morgan fingerprint density at radius 2 is 2.43 bits per heavy atom. The first-order valence-corrected chi connectivity index (χ1v) is 5.35. The van der Waals surface area contributed by atoms with Crippen LogP contribution in [0.25, 0.3) is 0 Å². The molecule has 3 heteroatoms. The normalized spacial score (nSPS) is 9.00. The SMILES string of the molecule is CC(=O)NCCC#Cc1sccc1C. The zero-order valence-corrected chi connectivity index (χ0v) is 9.20. The monoisotopic (exact) mass is 207 g/mol. The van der Waals surface area contributed by atoms with Crippen molar-refractivity contribution >= 4 is 17.2 Å². The molecule has 0 bridgehead atoms. The lowest BCUT2D eigenvalue weighted by molar-refractivity contribution is -0.118. The fraction of sp³-hybridized carbons (Fsp3) is 0.364. The summed E-state index contributed by atoms with van der Waals surface area (Å²) in [7, 11) is 0. The quantitative estimate of drug-likeness (QED) is 0.582. The fourth-order valence-corrected chi connectivity index (χ4v) is 1.74. The molecular formula is C11H13NOS. The van der Waals surface area contributed by atoms with E-state index < -0.39 is 0 Å². The standard InChI is InChI=1S/C11H13NOS/c1-9-6-8-14-11(9)5-3-4-7-12-10(2)13/h6,8H,4,7H2,1-2H3,(H,12,13). The van der Waals surface area contributed by atoms with Gasteiger partial charge in [0.2, 0.25) is 5.91 Å². The summed E-state index contributed by atoms with van der Waals surface area (Å²) in [6, 6.07) is 2.06. The summed E-state index contributed by atoms with van der Waals surface area (Å²) in [5.74, 6) is 6.11. The van der Waals surface area contributed by atoms with Gasteiger partial charge < -0.3 is 5.32 Å². The van der Waals surface area contributed by atoms with Crippen molar-refractivity contribution in [3.8, 4) is 11.8 Å². The second-order valence-electron chi connectivity index (χ2n) is 2.97. The van der Waals surface area contributed by atoms with Crippen LogP contribution in [0.1, 0.15) is 23.8 Å². The number of rotatable bonds is 2. The molecule has 0 fully saturated rings. The van der Waals surface area contributed by atoms with Gasteiger partial charge in [-0.15, -0.1) is 11.3 Å². The number of carbonyl (C=O) groups is 1. The van der Waals surface area contributed by atoms with Crippen molar-refractivity contribution < 1.29 is 4.79 Å². The average molecular weight is 207 g/mol. The highest BCUT2D eigenvalue weighted by Crippen LogP contribution is 2.13. The molecular weight excluding hydrogens is 194 g/mol. The summed E-state index contributed by atoms with van der Waals surface area (Å²) in [5, 5.41) is 4.74. The van der Waals surface area contributed by atoms with E-state index in [2.05, 4.69) is 23.2 Å². The van der Waals surface area contributed by atoms with Crippen molar-refractivity contribution in [1.29, 1.82) is 0 Å². The highest BCUT2D eigenvalue weighted by molar-refractivity contribution is 7.10. The van der Waals surface area contributed by atoms with Gasteiger partial charge >= 0.3 is 0 Å². The van der Waals surface area contributed by atoms with Crippen LogP contribution in [-0.4, -0.2) is 12.5 Å². The summed E-state index contributed by atoms with van der Waals surface area (Å²) in [4.78, 5) is 11.7. The van der Waals surface area contributed by atoms with Crippen LogP contribution >= 0.6 is 11.3 Å². The van der Waals surface area contributed by atoms with Crippen LogP contribution < -0.4 is 5.32 Å². The van der Waals surface area contributed by atoms with Crippen molar-refractivity contribution in [2.45, 2.75) is 20.3 Å². The van der Waals surface area contributed by atoms with Crippen LogP contribution in [0.4, 0.5) is 0 Å². The van der Waals surface area contributed by atoms with E-state index >= 15 is 0 Å². The molecule has 0 aliphatic rings. The van der Waals surface area contributed by atoms with Crippen LogP contribution in [-0.2, 0) is 4.79 Å². The smallest absolute Gasteiger partial charge is 0.216 e. The van der Waals surface area contributed by atoms with E-state index in [-0.39, 0.29) is 5.91 Å². The average Bonchev–Trinajstić information content (AvgIpc) is 2.51. The van der Waals surface area contributed by atoms with E-state index in [1.807, 2.05) is 12.3 Å². The number of hydrogen-bond acceptors (Lipinski definition) is 2. The van der Waals surface area contributed by atoms with Gasteiger partial charge in [-0.3, -0.25) is 4.79 Å².